The number of nitrogens with one attached hydrogen (secondary N) is 1. The van der Waals surface area contributed by atoms with E-state index in [1.165, 1.54) is 16.2 Å². The van der Waals surface area contributed by atoms with Crippen molar-refractivity contribution in [1.29, 1.82) is 0 Å². The molecule has 5 nitrogen and oxygen atoms in total. The Bertz CT molecular complexity index is 436. The Morgan fingerprint density at radius 1 is 1.47 bits per heavy atom. The van der Waals surface area contributed by atoms with E-state index in [2.05, 4.69) is 21.2 Å². The van der Waals surface area contributed by atoms with Gasteiger partial charge in [-0.25, -0.2) is 0 Å². The van der Waals surface area contributed by atoms with Gasteiger partial charge in [0.15, 0.2) is 0 Å². The Morgan fingerprint density at radius 3 is 2.79 bits per heavy atom. The molecular formula is C12H17BrN2O3S. The topological polar surface area (TPSA) is 58.6 Å². The molecule has 1 N–H and O–H groups in total. The van der Waals surface area contributed by atoms with Crippen molar-refractivity contribution in [3.8, 4) is 0 Å². The lowest BCUT2D eigenvalue weighted by molar-refractivity contribution is -0.121. The summed E-state index contributed by atoms with van der Waals surface area (Å²) in [6, 6.07) is 3.56. The van der Waals surface area contributed by atoms with Crippen LogP contribution in [0.1, 0.15) is 16.1 Å². The molecule has 1 rings (SSSR count). The molecule has 0 unspecified atom stereocenters. The zero-order chi connectivity index (χ0) is 14.3. The summed E-state index contributed by atoms with van der Waals surface area (Å²) >= 11 is 4.66. The molecule has 0 radical (unpaired) electrons. The Morgan fingerprint density at radius 2 is 2.21 bits per heavy atom. The highest BCUT2D eigenvalue weighted by Gasteiger charge is 2.16. The number of carbonyl (C=O) groups excluding carboxylic acids is 2. The highest BCUT2D eigenvalue weighted by Crippen LogP contribution is 2.22. The number of ether oxygens (including phenoxy) is 1. The first kappa shape index (κ1) is 16.1. The van der Waals surface area contributed by atoms with Crippen LogP contribution in [0, 0.1) is 0 Å². The zero-order valence-electron chi connectivity index (χ0n) is 10.9. The number of carbonyl (C=O) groups is 2. The molecule has 7 heteroatoms. The predicted octanol–water partition coefficient (Wildman–Crippen LogP) is 1.74. The fourth-order valence-corrected chi connectivity index (χ4v) is 2.79. The van der Waals surface area contributed by atoms with Gasteiger partial charge in [0.2, 0.25) is 5.91 Å². The van der Waals surface area contributed by atoms with Crippen molar-refractivity contribution in [2.45, 2.75) is 6.42 Å². The molecule has 0 aliphatic heterocycles. The maximum atomic E-state index is 12.0. The number of rotatable bonds is 7. The van der Waals surface area contributed by atoms with Crippen molar-refractivity contribution in [2.75, 3.05) is 33.9 Å². The highest BCUT2D eigenvalue weighted by molar-refractivity contribution is 9.11. The number of thiophene rings is 1. The Kier molecular flexibility index (Phi) is 7.04. The monoisotopic (exact) mass is 348 g/mol. The van der Waals surface area contributed by atoms with Gasteiger partial charge in [-0.3, -0.25) is 9.59 Å². The average Bonchev–Trinajstić information content (AvgIpc) is 2.80. The third-order valence-electron chi connectivity index (χ3n) is 2.36. The van der Waals surface area contributed by atoms with Crippen LogP contribution in [0.4, 0.5) is 0 Å². The van der Waals surface area contributed by atoms with Crippen LogP contribution in [0.5, 0.6) is 0 Å². The van der Waals surface area contributed by atoms with Gasteiger partial charge in [-0.15, -0.1) is 11.3 Å². The lowest BCUT2D eigenvalue weighted by atomic mass is 10.4. The summed E-state index contributed by atoms with van der Waals surface area (Å²) in [6.07, 6.45) is 0.762. The smallest absolute Gasteiger partial charge is 0.264 e. The number of halogens is 1. The van der Waals surface area contributed by atoms with Crippen molar-refractivity contribution < 1.29 is 14.3 Å². The molecule has 1 aromatic heterocycles. The van der Waals surface area contributed by atoms with Crippen LogP contribution in [-0.4, -0.2) is 50.6 Å². The van der Waals surface area contributed by atoms with Crippen molar-refractivity contribution in [1.82, 2.24) is 10.2 Å². The molecule has 1 heterocycles. The lowest BCUT2D eigenvalue weighted by Gasteiger charge is -2.15. The van der Waals surface area contributed by atoms with E-state index in [9.17, 15) is 9.59 Å². The second kappa shape index (κ2) is 8.29. The molecule has 0 spiro atoms. The van der Waals surface area contributed by atoms with Crippen LogP contribution >= 0.6 is 27.3 Å². The van der Waals surface area contributed by atoms with Crippen LogP contribution in [0.3, 0.4) is 0 Å². The van der Waals surface area contributed by atoms with Crippen LogP contribution in [0.25, 0.3) is 0 Å². The van der Waals surface area contributed by atoms with Gasteiger partial charge in [0.25, 0.3) is 5.91 Å². The molecule has 2 amide bonds. The summed E-state index contributed by atoms with van der Waals surface area (Å²) in [5, 5.41) is 2.74. The third kappa shape index (κ3) is 5.71. The molecule has 19 heavy (non-hydrogen) atoms. The van der Waals surface area contributed by atoms with E-state index in [1.807, 2.05) is 6.07 Å². The summed E-state index contributed by atoms with van der Waals surface area (Å²) in [5.41, 5.74) is 0. The summed E-state index contributed by atoms with van der Waals surface area (Å²) in [4.78, 5) is 25.6. The van der Waals surface area contributed by atoms with E-state index in [0.29, 0.717) is 18.0 Å². The number of hydrogen-bond acceptors (Lipinski definition) is 4. The Labute approximate surface area is 125 Å². The summed E-state index contributed by atoms with van der Waals surface area (Å²) < 4.78 is 5.78. The summed E-state index contributed by atoms with van der Waals surface area (Å²) in [6.45, 7) is 1.22. The van der Waals surface area contributed by atoms with Gasteiger partial charge in [-0.2, -0.15) is 0 Å². The molecule has 1 aromatic rings. The Balaban J connectivity index is 2.35. The molecule has 0 aliphatic carbocycles. The molecule has 0 atom stereocenters. The third-order valence-corrected chi connectivity index (χ3v) is 3.97. The van der Waals surface area contributed by atoms with E-state index in [-0.39, 0.29) is 18.4 Å². The van der Waals surface area contributed by atoms with Gasteiger partial charge in [0.1, 0.15) is 0 Å². The largest absolute Gasteiger partial charge is 0.385 e. The summed E-state index contributed by atoms with van der Waals surface area (Å²) in [5.74, 6) is -0.315. The van der Waals surface area contributed by atoms with Crippen LogP contribution in [0.15, 0.2) is 15.9 Å². The highest BCUT2D eigenvalue weighted by atomic mass is 79.9. The van der Waals surface area contributed by atoms with E-state index in [0.717, 1.165) is 10.2 Å². The minimum Gasteiger partial charge on any atom is -0.385 e. The number of hydrogen-bond donors (Lipinski definition) is 1. The van der Waals surface area contributed by atoms with E-state index >= 15 is 0 Å². The number of likely N-dealkylation sites (N-methyl/N-ethyl adjacent to an activating group) is 1. The normalized spacial score (nSPS) is 10.3. The van der Waals surface area contributed by atoms with Crippen LogP contribution < -0.4 is 5.32 Å². The molecule has 0 bridgehead atoms. The van der Waals surface area contributed by atoms with E-state index in [1.54, 1.807) is 20.2 Å². The lowest BCUT2D eigenvalue weighted by Crippen LogP contribution is -2.38. The van der Waals surface area contributed by atoms with Crippen LogP contribution in [0.2, 0.25) is 0 Å². The maximum absolute atomic E-state index is 12.0. The van der Waals surface area contributed by atoms with Gasteiger partial charge in [0.05, 0.1) is 15.2 Å². The van der Waals surface area contributed by atoms with Gasteiger partial charge in [-0.05, 0) is 34.5 Å². The molecule has 0 saturated carbocycles. The number of nitrogens with zero attached hydrogens (tertiary/aromatic N) is 1. The van der Waals surface area contributed by atoms with E-state index in [4.69, 9.17) is 4.74 Å². The fraction of sp³-hybridized carbons (Fsp3) is 0.500. The standard InChI is InChI=1S/C12H17BrN2O3S/c1-15(8-11(16)14-6-3-7-18-2)12(17)9-4-5-10(13)19-9/h4-5H,3,6-8H2,1-2H3,(H,14,16). The molecule has 106 valence electrons. The van der Waals surface area contributed by atoms with Crippen molar-refractivity contribution in [3.05, 3.63) is 20.8 Å². The van der Waals surface area contributed by atoms with Gasteiger partial charge < -0.3 is 15.0 Å². The summed E-state index contributed by atoms with van der Waals surface area (Å²) in [7, 11) is 3.23. The van der Waals surface area contributed by atoms with Gasteiger partial charge >= 0.3 is 0 Å². The number of amides is 2. The fourth-order valence-electron chi connectivity index (χ4n) is 1.40. The molecule has 0 saturated heterocycles. The SMILES string of the molecule is COCCCNC(=O)CN(C)C(=O)c1ccc(Br)s1. The maximum Gasteiger partial charge on any atom is 0.264 e. The van der Waals surface area contributed by atoms with Crippen molar-refractivity contribution in [3.63, 3.8) is 0 Å². The Hall–Kier alpha value is -0.920. The predicted molar refractivity (Wildman–Crippen MR) is 78.5 cm³/mol. The quantitative estimate of drug-likeness (QED) is 0.763. The van der Waals surface area contributed by atoms with Crippen LogP contribution in [-0.2, 0) is 9.53 Å². The number of methoxy groups -OCH3 is 1. The van der Waals surface area contributed by atoms with Gasteiger partial charge in [-0.1, -0.05) is 0 Å². The van der Waals surface area contributed by atoms with Gasteiger partial charge in [0, 0.05) is 27.3 Å². The first-order chi connectivity index (χ1) is 9.04. The molecular weight excluding hydrogens is 332 g/mol. The average molecular weight is 349 g/mol. The zero-order valence-corrected chi connectivity index (χ0v) is 13.3. The van der Waals surface area contributed by atoms with Crippen molar-refractivity contribution >= 4 is 39.1 Å². The van der Waals surface area contributed by atoms with Crippen molar-refractivity contribution in [2.24, 2.45) is 0 Å². The minimum absolute atomic E-state index is 0.0569. The first-order valence-corrected chi connectivity index (χ1v) is 7.42. The minimum atomic E-state index is -0.164. The second-order valence-corrected chi connectivity index (χ2v) is 6.42. The molecule has 0 fully saturated rings. The first-order valence-electron chi connectivity index (χ1n) is 5.81. The molecule has 0 aliphatic rings. The second-order valence-electron chi connectivity index (χ2n) is 3.96. The molecule has 0 aromatic carbocycles. The van der Waals surface area contributed by atoms with E-state index < -0.39 is 0 Å².